The van der Waals surface area contributed by atoms with Crippen molar-refractivity contribution in [3.63, 3.8) is 0 Å². The Bertz CT molecular complexity index is 2520. The van der Waals surface area contributed by atoms with E-state index in [1.807, 2.05) is 40.7 Å². The number of pyridine rings is 1. The summed E-state index contributed by atoms with van der Waals surface area (Å²) in [7, 11) is 3.32. The molecule has 18 nitrogen and oxygen atoms in total. The lowest BCUT2D eigenvalue weighted by Crippen LogP contribution is -2.63. The number of piperidine rings is 1. The summed E-state index contributed by atoms with van der Waals surface area (Å²) in [5.41, 5.74) is 8.15. The van der Waals surface area contributed by atoms with Crippen molar-refractivity contribution < 1.29 is 42.9 Å². The Morgan fingerprint density at radius 3 is 2.53 bits per heavy atom. The topological polar surface area (TPSA) is 180 Å². The fourth-order valence-electron chi connectivity index (χ4n) is 11.9. The summed E-state index contributed by atoms with van der Waals surface area (Å²) in [5, 5.41) is 5.63. The van der Waals surface area contributed by atoms with Crippen LogP contribution in [0.2, 0.25) is 0 Å². The molecule has 5 amide bonds. The molecule has 8 rings (SSSR count). The number of hydrogen-bond donors (Lipinski definition) is 2. The molecule has 7 atom stereocenters. The highest BCUT2D eigenvalue weighted by atomic mass is 16.5. The third-order valence-electron chi connectivity index (χ3n) is 15.8. The van der Waals surface area contributed by atoms with E-state index in [0.717, 1.165) is 39.1 Å². The van der Waals surface area contributed by atoms with Crippen molar-refractivity contribution in [2.45, 2.75) is 149 Å². The van der Waals surface area contributed by atoms with E-state index in [-0.39, 0.29) is 43.0 Å². The monoisotopic (exact) mass is 996 g/mol. The molecule has 0 unspecified atom stereocenters. The molecule has 0 aliphatic carbocycles. The van der Waals surface area contributed by atoms with Crippen LogP contribution < -0.4 is 15.6 Å². The van der Waals surface area contributed by atoms with Gasteiger partial charge in [-0.15, -0.1) is 0 Å². The largest absolute Gasteiger partial charge is 0.464 e. The number of hydrazine groups is 1. The smallest absolute Gasteiger partial charge is 0.324 e. The molecular weight excluding hydrogens is 919 g/mol. The SMILES string of the molecule is C=CC(=O)N1[C@@H](C)C2(CCN(C(=O)N(C)[C@H](C(=O)N[C@H]3C[C@H]4CN(CCO4)c4ccc5c(c4)c(c(-c4cccnc4[C@H](C)OC)n5CC)CC(C)(C)COC(=O)[C@@H]4CCCN(N4)C3=O)C(C)C)CC2)O[C@@H]1C. The highest BCUT2D eigenvalue weighted by Gasteiger charge is 2.53. The Balaban J connectivity index is 1.08. The van der Waals surface area contributed by atoms with E-state index in [9.17, 15) is 24.0 Å². The number of likely N-dealkylation sites (tertiary alicyclic amines) is 1. The van der Waals surface area contributed by atoms with Crippen LogP contribution in [0.5, 0.6) is 0 Å². The molecule has 3 aromatic rings. The van der Waals surface area contributed by atoms with Crippen LogP contribution in [0.25, 0.3) is 22.2 Å². The van der Waals surface area contributed by atoms with Crippen LogP contribution in [0.3, 0.4) is 0 Å². The maximum absolute atomic E-state index is 14.8. The molecule has 72 heavy (non-hydrogen) atoms. The number of amides is 5. The number of aryl methyl sites for hydroxylation is 1. The van der Waals surface area contributed by atoms with E-state index in [1.165, 1.54) is 16.0 Å². The molecule has 4 fully saturated rings. The number of nitrogens with one attached hydrogen (secondary N) is 2. The summed E-state index contributed by atoms with van der Waals surface area (Å²) in [6.07, 6.45) is 4.73. The molecule has 1 spiro atoms. The van der Waals surface area contributed by atoms with Gasteiger partial charge >= 0.3 is 12.0 Å². The van der Waals surface area contributed by atoms with Gasteiger partial charge in [0.25, 0.3) is 5.91 Å². The minimum Gasteiger partial charge on any atom is -0.464 e. The highest BCUT2D eigenvalue weighted by molar-refractivity contribution is 5.95. The van der Waals surface area contributed by atoms with Gasteiger partial charge in [0, 0.05) is 93.6 Å². The number of aromatic nitrogens is 2. The zero-order chi connectivity index (χ0) is 51.8. The van der Waals surface area contributed by atoms with Crippen LogP contribution in [0.1, 0.15) is 105 Å². The Kier molecular flexibility index (Phi) is 15.7. The molecule has 392 valence electrons. The lowest BCUT2D eigenvalue weighted by atomic mass is 9.84. The lowest BCUT2D eigenvalue weighted by molar-refractivity contribution is -0.156. The van der Waals surface area contributed by atoms with Crippen molar-refractivity contribution in [3.05, 3.63) is 60.4 Å². The first-order chi connectivity index (χ1) is 34.3. The van der Waals surface area contributed by atoms with E-state index < -0.39 is 59.3 Å². The van der Waals surface area contributed by atoms with Gasteiger partial charge in [-0.25, -0.2) is 10.2 Å². The summed E-state index contributed by atoms with van der Waals surface area (Å²) >= 11 is 0. The second kappa shape index (κ2) is 21.5. The number of hydrogen-bond acceptors (Lipinski definition) is 12. The van der Waals surface area contributed by atoms with E-state index in [2.05, 4.69) is 71.8 Å². The number of benzene rings is 1. The molecule has 7 heterocycles. The summed E-state index contributed by atoms with van der Waals surface area (Å²) in [5.74, 6) is -1.84. The summed E-state index contributed by atoms with van der Waals surface area (Å²) < 4.78 is 27.2. The highest BCUT2D eigenvalue weighted by Crippen LogP contribution is 2.43. The van der Waals surface area contributed by atoms with E-state index >= 15 is 0 Å². The average molecular weight is 996 g/mol. The number of nitrogens with zero attached hydrogens (tertiary/aromatic N) is 7. The molecule has 18 heteroatoms. The minimum atomic E-state index is -1.07. The molecule has 0 radical (unpaired) electrons. The number of fused-ring (bicyclic) bond motifs is 6. The number of carbonyl (C=O) groups is 5. The number of cyclic esters (lactones) is 1. The number of methoxy groups -OCH3 is 1. The van der Waals surface area contributed by atoms with Gasteiger partial charge in [0.1, 0.15) is 24.4 Å². The van der Waals surface area contributed by atoms with Crippen LogP contribution in [0.4, 0.5) is 10.5 Å². The molecule has 1 aromatic carbocycles. The molecular formula is C54H77N9O9. The third-order valence-corrected chi connectivity index (χ3v) is 15.8. The van der Waals surface area contributed by atoms with Gasteiger partial charge in [-0.3, -0.25) is 29.2 Å². The first-order valence-electron chi connectivity index (χ1n) is 26.0. The zero-order valence-electron chi connectivity index (χ0n) is 44.1. The maximum Gasteiger partial charge on any atom is 0.324 e. The number of carbonyl (C=O) groups excluding carboxylic acids is 5. The molecule has 0 saturated carbocycles. The molecule has 2 aromatic heterocycles. The van der Waals surface area contributed by atoms with Gasteiger partial charge < -0.3 is 48.4 Å². The predicted molar refractivity (Wildman–Crippen MR) is 273 cm³/mol. The van der Waals surface area contributed by atoms with E-state index in [0.29, 0.717) is 78.0 Å². The fourth-order valence-corrected chi connectivity index (χ4v) is 11.9. The van der Waals surface area contributed by atoms with Crippen molar-refractivity contribution >= 4 is 46.3 Å². The number of esters is 1. The Hall–Kier alpha value is -5.56. The molecule has 6 bridgehead atoms. The quantitative estimate of drug-likeness (QED) is 0.194. The van der Waals surface area contributed by atoms with Gasteiger partial charge in [0.15, 0.2) is 0 Å². The fraction of sp³-hybridized carbons (Fsp3) is 0.630. The number of rotatable bonds is 9. The molecule has 5 aliphatic heterocycles. The average Bonchev–Trinajstić information content (AvgIpc) is 3.81. The lowest BCUT2D eigenvalue weighted by Gasteiger charge is -2.43. The van der Waals surface area contributed by atoms with Crippen molar-refractivity contribution in [2.75, 3.05) is 65.0 Å². The Morgan fingerprint density at radius 2 is 1.83 bits per heavy atom. The second-order valence-electron chi connectivity index (χ2n) is 21.6. The minimum absolute atomic E-state index is 0.136. The Morgan fingerprint density at radius 1 is 1.08 bits per heavy atom. The van der Waals surface area contributed by atoms with Crippen molar-refractivity contribution in [1.82, 2.24) is 40.0 Å². The van der Waals surface area contributed by atoms with Gasteiger partial charge in [-0.05, 0) is 108 Å². The van der Waals surface area contributed by atoms with Crippen LogP contribution in [-0.4, -0.2) is 161 Å². The van der Waals surface area contributed by atoms with Gasteiger partial charge in [0.05, 0.1) is 48.5 Å². The second-order valence-corrected chi connectivity index (χ2v) is 21.6. The first-order valence-corrected chi connectivity index (χ1v) is 26.0. The number of likely N-dealkylation sites (N-methyl/N-ethyl adjacent to an activating group) is 1. The van der Waals surface area contributed by atoms with Crippen LogP contribution >= 0.6 is 0 Å². The van der Waals surface area contributed by atoms with Crippen LogP contribution in [-0.2, 0) is 51.1 Å². The van der Waals surface area contributed by atoms with Gasteiger partial charge in [-0.1, -0.05) is 34.3 Å². The number of anilines is 1. The molecule has 2 N–H and O–H groups in total. The number of ether oxygens (including phenoxy) is 4. The van der Waals surface area contributed by atoms with Gasteiger partial charge in [0.2, 0.25) is 11.8 Å². The normalized spacial score (nSPS) is 25.5. The number of urea groups is 1. The predicted octanol–water partition coefficient (Wildman–Crippen LogP) is 5.82. The summed E-state index contributed by atoms with van der Waals surface area (Å²) in [6, 6.07) is 7.33. The third kappa shape index (κ3) is 10.3. The van der Waals surface area contributed by atoms with Crippen molar-refractivity contribution in [1.29, 1.82) is 0 Å². The van der Waals surface area contributed by atoms with Crippen molar-refractivity contribution in [3.8, 4) is 11.3 Å². The standard InChI is InChI=1S/C54H77N9O9/c1-12-45(64)63-35(6)54(72-36(63)7)20-24-59(25-21-54)52(68)58(10)47(33(3)4)49(65)56-43-29-38-31-60(26-27-70-38)37-18-19-44-40(28-37)41(48(61(44)13-2)39-16-14-22-55-46(39)34(5)69-11)30-53(8,9)32-71-51(67)42-17-15-23-62(57-42)50(43)66/h12,14,16,18-19,22,28,33-36,38,42-43,47,57H,1,13,15,17,20-21,23-27,29-32H2,2-11H3,(H,56,65)/t34-,35-,36+,38-,42-,43-,47-/m0/s1. The summed E-state index contributed by atoms with van der Waals surface area (Å²) in [4.78, 5) is 82.6. The Labute approximate surface area is 424 Å². The van der Waals surface area contributed by atoms with E-state index in [4.69, 9.17) is 23.9 Å². The van der Waals surface area contributed by atoms with Crippen LogP contribution in [0, 0.1) is 11.3 Å². The van der Waals surface area contributed by atoms with Crippen LogP contribution in [0.15, 0.2) is 49.2 Å². The van der Waals surface area contributed by atoms with Gasteiger partial charge in [-0.2, -0.15) is 0 Å². The molecule has 4 saturated heterocycles. The molecule has 5 aliphatic rings. The first kappa shape index (κ1) is 52.8. The number of morpholine rings is 1. The maximum atomic E-state index is 14.8. The summed E-state index contributed by atoms with van der Waals surface area (Å²) in [6.45, 7) is 23.0. The van der Waals surface area contributed by atoms with Crippen molar-refractivity contribution in [2.24, 2.45) is 11.3 Å². The van der Waals surface area contributed by atoms with E-state index in [1.54, 1.807) is 30.2 Å². The zero-order valence-corrected chi connectivity index (χ0v) is 44.1.